The van der Waals surface area contributed by atoms with Crippen LogP contribution in [0.15, 0.2) is 41.8 Å². The van der Waals surface area contributed by atoms with Gasteiger partial charge in [0.2, 0.25) is 0 Å². The third-order valence-corrected chi connectivity index (χ3v) is 6.42. The van der Waals surface area contributed by atoms with Crippen LogP contribution in [0.4, 0.5) is 5.82 Å². The molecule has 0 aliphatic carbocycles. The minimum atomic E-state index is -0.00416. The molecule has 2 aromatic heterocycles. The average molecular weight is 453 g/mol. The quantitative estimate of drug-likeness (QED) is 0.552. The van der Waals surface area contributed by atoms with Crippen LogP contribution in [0.2, 0.25) is 0 Å². The van der Waals surface area contributed by atoms with Crippen molar-refractivity contribution < 1.29 is 4.74 Å². The number of hydrogen-bond acceptors (Lipinski definition) is 6. The minimum Gasteiger partial charge on any atom is -0.495 e. The van der Waals surface area contributed by atoms with Gasteiger partial charge in [0, 0.05) is 29.5 Å². The van der Waals surface area contributed by atoms with Crippen LogP contribution < -0.4 is 10.1 Å². The van der Waals surface area contributed by atoms with Crippen LogP contribution >= 0.6 is 11.8 Å². The first kappa shape index (κ1) is 22.5. The summed E-state index contributed by atoms with van der Waals surface area (Å²) in [6.45, 7) is 12.8. The number of amidine groups is 1. The molecule has 3 aromatic rings. The molecule has 0 saturated heterocycles. The molecular formula is C24H32N6OS. The first-order chi connectivity index (χ1) is 15.2. The Morgan fingerprint density at radius 3 is 2.62 bits per heavy atom. The van der Waals surface area contributed by atoms with Gasteiger partial charge in [0.15, 0.2) is 5.17 Å². The Labute approximate surface area is 194 Å². The number of aromatic nitrogens is 4. The number of aryl methyl sites for hydroxylation is 1. The second-order valence-corrected chi connectivity index (χ2v) is 10.5. The second kappa shape index (κ2) is 8.65. The van der Waals surface area contributed by atoms with E-state index in [-0.39, 0.29) is 17.5 Å². The van der Waals surface area contributed by atoms with Crippen LogP contribution in [0.3, 0.4) is 0 Å². The zero-order valence-electron chi connectivity index (χ0n) is 19.9. The summed E-state index contributed by atoms with van der Waals surface area (Å²) in [6, 6.07) is 8.76. The summed E-state index contributed by atoms with van der Waals surface area (Å²) < 4.78 is 9.70. The lowest BCUT2D eigenvalue weighted by Gasteiger charge is -2.14. The summed E-state index contributed by atoms with van der Waals surface area (Å²) in [4.78, 5) is 9.28. The molecule has 0 saturated carbocycles. The van der Waals surface area contributed by atoms with Crippen molar-refractivity contribution in [3.05, 3.63) is 53.7 Å². The maximum atomic E-state index is 5.68. The first-order valence-corrected chi connectivity index (χ1v) is 11.9. The normalized spacial score (nSPS) is 16.5. The van der Waals surface area contributed by atoms with Gasteiger partial charge < -0.3 is 14.6 Å². The van der Waals surface area contributed by atoms with E-state index in [9.17, 15) is 0 Å². The van der Waals surface area contributed by atoms with Crippen molar-refractivity contribution in [2.75, 3.05) is 18.2 Å². The molecule has 1 aliphatic heterocycles. The van der Waals surface area contributed by atoms with Gasteiger partial charge in [0.05, 0.1) is 36.6 Å². The van der Waals surface area contributed by atoms with E-state index in [2.05, 4.69) is 69.2 Å². The summed E-state index contributed by atoms with van der Waals surface area (Å²) in [5, 5.41) is 9.27. The molecule has 0 spiro atoms. The Balaban J connectivity index is 1.57. The average Bonchev–Trinajstić information content (AvgIpc) is 3.47. The number of methoxy groups -OCH3 is 1. The molecule has 1 aliphatic rings. The van der Waals surface area contributed by atoms with E-state index < -0.39 is 0 Å². The number of ether oxygens (including phenoxy) is 1. The SMILES string of the molecule is COc1cc(C2CSC(Nc3cc(C(C)(C)C)nn3C(C)C)=N2)ccc1-n1cnc(C)c1. The van der Waals surface area contributed by atoms with E-state index in [1.807, 2.05) is 28.7 Å². The van der Waals surface area contributed by atoms with E-state index in [0.29, 0.717) is 0 Å². The van der Waals surface area contributed by atoms with Gasteiger partial charge in [-0.15, -0.1) is 0 Å². The van der Waals surface area contributed by atoms with Crippen molar-refractivity contribution in [1.29, 1.82) is 0 Å². The maximum Gasteiger partial charge on any atom is 0.162 e. The zero-order chi connectivity index (χ0) is 23.0. The molecule has 0 bridgehead atoms. The summed E-state index contributed by atoms with van der Waals surface area (Å²) in [5.41, 5.74) is 4.15. The summed E-state index contributed by atoms with van der Waals surface area (Å²) >= 11 is 1.74. The molecule has 0 radical (unpaired) electrons. The number of nitrogens with zero attached hydrogens (tertiary/aromatic N) is 5. The molecule has 4 rings (SSSR count). The standard InChI is InChI=1S/C24H32N6OS/c1-15(2)30-22(11-21(28-30)24(4,5)6)27-23-26-18(13-32-23)17-8-9-19(20(10-17)31-7)29-12-16(3)25-14-29/h8-12,14-15,18H,13H2,1-7H3,(H,26,27). The number of rotatable bonds is 5. The van der Waals surface area contributed by atoms with E-state index in [1.54, 1.807) is 18.9 Å². The van der Waals surface area contributed by atoms with Gasteiger partial charge in [-0.05, 0) is 38.5 Å². The lowest BCUT2D eigenvalue weighted by Crippen LogP contribution is -2.14. The highest BCUT2D eigenvalue weighted by molar-refractivity contribution is 8.14. The van der Waals surface area contributed by atoms with Crippen molar-refractivity contribution in [2.24, 2.45) is 4.99 Å². The summed E-state index contributed by atoms with van der Waals surface area (Å²) in [6.07, 6.45) is 3.80. The molecule has 1 atom stereocenters. The lowest BCUT2D eigenvalue weighted by molar-refractivity contribution is 0.412. The fraction of sp³-hybridized carbons (Fsp3) is 0.458. The minimum absolute atomic E-state index is 0.00416. The predicted molar refractivity (Wildman–Crippen MR) is 132 cm³/mol. The highest BCUT2D eigenvalue weighted by Gasteiger charge is 2.25. The predicted octanol–water partition coefficient (Wildman–Crippen LogP) is 5.52. The Hall–Kier alpha value is -2.74. The monoisotopic (exact) mass is 452 g/mol. The third kappa shape index (κ3) is 4.55. The lowest BCUT2D eigenvalue weighted by atomic mass is 9.92. The van der Waals surface area contributed by atoms with E-state index in [4.69, 9.17) is 14.8 Å². The van der Waals surface area contributed by atoms with Gasteiger partial charge in [0.1, 0.15) is 11.6 Å². The molecule has 1 unspecified atom stereocenters. The van der Waals surface area contributed by atoms with Crippen molar-refractivity contribution in [3.8, 4) is 11.4 Å². The highest BCUT2D eigenvalue weighted by atomic mass is 32.2. The van der Waals surface area contributed by atoms with E-state index in [1.165, 1.54) is 0 Å². The van der Waals surface area contributed by atoms with Crippen LogP contribution in [-0.2, 0) is 5.41 Å². The van der Waals surface area contributed by atoms with E-state index in [0.717, 1.165) is 45.1 Å². The van der Waals surface area contributed by atoms with Crippen LogP contribution in [0.5, 0.6) is 5.75 Å². The summed E-state index contributed by atoms with van der Waals surface area (Å²) in [5.74, 6) is 2.69. The molecular weight excluding hydrogens is 420 g/mol. The Morgan fingerprint density at radius 2 is 2.00 bits per heavy atom. The van der Waals surface area contributed by atoms with Crippen LogP contribution in [0, 0.1) is 6.92 Å². The number of hydrogen-bond donors (Lipinski definition) is 1. The second-order valence-electron chi connectivity index (χ2n) is 9.44. The fourth-order valence-electron chi connectivity index (χ4n) is 3.64. The number of imidazole rings is 1. The summed E-state index contributed by atoms with van der Waals surface area (Å²) in [7, 11) is 1.70. The first-order valence-electron chi connectivity index (χ1n) is 10.9. The molecule has 1 N–H and O–H groups in total. The zero-order valence-corrected chi connectivity index (χ0v) is 20.7. The number of benzene rings is 1. The number of thioether (sulfide) groups is 1. The van der Waals surface area contributed by atoms with Crippen LogP contribution in [0.1, 0.15) is 63.7 Å². The van der Waals surface area contributed by atoms with Gasteiger partial charge in [0.25, 0.3) is 0 Å². The van der Waals surface area contributed by atoms with Crippen molar-refractivity contribution >= 4 is 22.7 Å². The molecule has 7 nitrogen and oxygen atoms in total. The van der Waals surface area contributed by atoms with Gasteiger partial charge in [-0.3, -0.25) is 4.99 Å². The Morgan fingerprint density at radius 1 is 1.22 bits per heavy atom. The van der Waals surface area contributed by atoms with Crippen molar-refractivity contribution in [2.45, 2.75) is 59.0 Å². The Bertz CT molecular complexity index is 1140. The van der Waals surface area contributed by atoms with Gasteiger partial charge in [-0.25, -0.2) is 9.67 Å². The molecule has 170 valence electrons. The molecule has 0 amide bonds. The van der Waals surface area contributed by atoms with Gasteiger partial charge >= 0.3 is 0 Å². The number of anilines is 1. The molecule has 1 aromatic carbocycles. The van der Waals surface area contributed by atoms with Crippen molar-refractivity contribution in [3.63, 3.8) is 0 Å². The highest BCUT2D eigenvalue weighted by Crippen LogP contribution is 2.35. The largest absolute Gasteiger partial charge is 0.495 e. The third-order valence-electron chi connectivity index (χ3n) is 5.46. The topological polar surface area (TPSA) is 69.3 Å². The molecule has 32 heavy (non-hydrogen) atoms. The molecule has 8 heteroatoms. The smallest absolute Gasteiger partial charge is 0.162 e. The Kier molecular flexibility index (Phi) is 6.07. The van der Waals surface area contributed by atoms with Gasteiger partial charge in [-0.2, -0.15) is 5.10 Å². The van der Waals surface area contributed by atoms with Crippen molar-refractivity contribution in [1.82, 2.24) is 19.3 Å². The molecule has 3 heterocycles. The maximum absolute atomic E-state index is 5.68. The number of nitrogens with one attached hydrogen (secondary N) is 1. The van der Waals surface area contributed by atoms with E-state index >= 15 is 0 Å². The fourth-order valence-corrected chi connectivity index (χ4v) is 4.60. The van der Waals surface area contributed by atoms with Crippen LogP contribution in [0.25, 0.3) is 5.69 Å². The van der Waals surface area contributed by atoms with Gasteiger partial charge in [-0.1, -0.05) is 38.6 Å². The molecule has 0 fully saturated rings. The number of aliphatic imine (C=N–C) groups is 1. The van der Waals surface area contributed by atoms with Crippen LogP contribution in [-0.4, -0.2) is 37.4 Å².